The maximum Gasteiger partial charge on any atom is 0.246 e. The molecule has 1 aromatic carbocycles. The van der Waals surface area contributed by atoms with Crippen LogP contribution < -0.4 is 0 Å². The fourth-order valence-electron chi connectivity index (χ4n) is 2.29. The van der Waals surface area contributed by atoms with Crippen LogP contribution in [0.25, 0.3) is 6.08 Å². The summed E-state index contributed by atoms with van der Waals surface area (Å²) in [5.74, 6) is 0.470. The highest BCUT2D eigenvalue weighted by atomic mass is 16.5. The van der Waals surface area contributed by atoms with Crippen LogP contribution in [0.2, 0.25) is 0 Å². The summed E-state index contributed by atoms with van der Waals surface area (Å²) in [6.45, 7) is 5.77. The predicted molar refractivity (Wildman–Crippen MR) is 83.0 cm³/mol. The van der Waals surface area contributed by atoms with E-state index in [0.717, 1.165) is 5.56 Å². The standard InChI is InChI=1S/C17H23NO3/c1-13(2)15-6-3-14(4-7-15)5-8-17(20)18-9-10-21-16(11-18)12-19/h3-8,13,16,19H,9-12H2,1-2H3/b8-5+. The Bertz CT molecular complexity index is 493. The number of benzene rings is 1. The Hall–Kier alpha value is -1.65. The Labute approximate surface area is 126 Å². The Morgan fingerprint density at radius 2 is 2.14 bits per heavy atom. The van der Waals surface area contributed by atoms with Gasteiger partial charge < -0.3 is 14.7 Å². The van der Waals surface area contributed by atoms with Crippen LogP contribution in [0.3, 0.4) is 0 Å². The molecule has 0 spiro atoms. The summed E-state index contributed by atoms with van der Waals surface area (Å²) in [4.78, 5) is 13.8. The van der Waals surface area contributed by atoms with Crippen LogP contribution in [-0.2, 0) is 9.53 Å². The summed E-state index contributed by atoms with van der Waals surface area (Å²) < 4.78 is 5.34. The Kier molecular flexibility index (Phi) is 5.53. The van der Waals surface area contributed by atoms with Crippen molar-refractivity contribution in [3.8, 4) is 0 Å². The van der Waals surface area contributed by atoms with E-state index in [-0.39, 0.29) is 18.6 Å². The van der Waals surface area contributed by atoms with Gasteiger partial charge in [-0.15, -0.1) is 0 Å². The molecule has 1 aliphatic heterocycles. The second kappa shape index (κ2) is 7.38. The van der Waals surface area contributed by atoms with Crippen LogP contribution in [0.4, 0.5) is 0 Å². The summed E-state index contributed by atoms with van der Waals surface area (Å²) >= 11 is 0. The second-order valence-electron chi connectivity index (χ2n) is 5.61. The van der Waals surface area contributed by atoms with Gasteiger partial charge >= 0.3 is 0 Å². The first-order chi connectivity index (χ1) is 10.1. The molecule has 1 aliphatic rings. The molecule has 0 radical (unpaired) electrons. The lowest BCUT2D eigenvalue weighted by molar-refractivity contribution is -0.134. The zero-order valence-electron chi connectivity index (χ0n) is 12.7. The van der Waals surface area contributed by atoms with Crippen molar-refractivity contribution in [1.29, 1.82) is 0 Å². The molecular weight excluding hydrogens is 266 g/mol. The van der Waals surface area contributed by atoms with E-state index in [1.165, 1.54) is 5.56 Å². The van der Waals surface area contributed by atoms with Gasteiger partial charge in [-0.1, -0.05) is 38.1 Å². The van der Waals surface area contributed by atoms with Crippen molar-refractivity contribution in [1.82, 2.24) is 4.90 Å². The molecule has 2 rings (SSSR count). The Morgan fingerprint density at radius 1 is 1.43 bits per heavy atom. The third-order valence-electron chi connectivity index (χ3n) is 3.68. The van der Waals surface area contributed by atoms with Gasteiger partial charge in [0.15, 0.2) is 0 Å². The minimum atomic E-state index is -0.263. The summed E-state index contributed by atoms with van der Waals surface area (Å²) in [6, 6.07) is 8.22. The molecule has 114 valence electrons. The fraction of sp³-hybridized carbons (Fsp3) is 0.471. The number of hydrogen-bond acceptors (Lipinski definition) is 3. The van der Waals surface area contributed by atoms with E-state index in [1.54, 1.807) is 11.0 Å². The van der Waals surface area contributed by atoms with E-state index in [4.69, 9.17) is 9.84 Å². The SMILES string of the molecule is CC(C)c1ccc(/C=C/C(=O)N2CCOC(CO)C2)cc1. The quantitative estimate of drug-likeness (QED) is 0.863. The van der Waals surface area contributed by atoms with E-state index >= 15 is 0 Å². The van der Waals surface area contributed by atoms with Gasteiger partial charge in [0, 0.05) is 19.2 Å². The van der Waals surface area contributed by atoms with Crippen molar-refractivity contribution in [3.63, 3.8) is 0 Å². The molecule has 4 nitrogen and oxygen atoms in total. The van der Waals surface area contributed by atoms with Gasteiger partial charge in [0.1, 0.15) is 0 Å². The van der Waals surface area contributed by atoms with Gasteiger partial charge in [-0.25, -0.2) is 0 Å². The number of aliphatic hydroxyl groups excluding tert-OH is 1. The largest absolute Gasteiger partial charge is 0.394 e. The normalized spacial score (nSPS) is 19.4. The Balaban J connectivity index is 1.95. The molecule has 0 bridgehead atoms. The number of ether oxygens (including phenoxy) is 1. The van der Waals surface area contributed by atoms with Gasteiger partial charge in [-0.05, 0) is 23.1 Å². The molecule has 0 aliphatic carbocycles. The third kappa shape index (κ3) is 4.41. The second-order valence-corrected chi connectivity index (χ2v) is 5.61. The first-order valence-electron chi connectivity index (χ1n) is 7.39. The summed E-state index contributed by atoms with van der Waals surface area (Å²) in [6.07, 6.45) is 3.15. The maximum atomic E-state index is 12.1. The molecule has 1 fully saturated rings. The average molecular weight is 289 g/mol. The molecule has 21 heavy (non-hydrogen) atoms. The van der Waals surface area contributed by atoms with Crippen LogP contribution in [0.5, 0.6) is 0 Å². The number of hydrogen-bond donors (Lipinski definition) is 1. The number of carbonyl (C=O) groups is 1. The lowest BCUT2D eigenvalue weighted by Crippen LogP contribution is -2.46. The number of morpholine rings is 1. The first kappa shape index (κ1) is 15.7. The maximum absolute atomic E-state index is 12.1. The summed E-state index contributed by atoms with van der Waals surface area (Å²) in [7, 11) is 0. The lowest BCUT2D eigenvalue weighted by atomic mass is 10.0. The van der Waals surface area contributed by atoms with Gasteiger partial charge in [-0.2, -0.15) is 0 Å². The third-order valence-corrected chi connectivity index (χ3v) is 3.68. The topological polar surface area (TPSA) is 49.8 Å². The lowest BCUT2D eigenvalue weighted by Gasteiger charge is -2.31. The zero-order valence-corrected chi connectivity index (χ0v) is 12.7. The van der Waals surface area contributed by atoms with Crippen LogP contribution in [0.1, 0.15) is 30.9 Å². The predicted octanol–water partition coefficient (Wildman–Crippen LogP) is 2.04. The number of carbonyl (C=O) groups excluding carboxylic acids is 1. The molecule has 1 N–H and O–H groups in total. The smallest absolute Gasteiger partial charge is 0.246 e. The molecular formula is C17H23NO3. The highest BCUT2D eigenvalue weighted by molar-refractivity contribution is 5.91. The molecule has 1 heterocycles. The highest BCUT2D eigenvalue weighted by Gasteiger charge is 2.22. The molecule has 0 saturated carbocycles. The van der Waals surface area contributed by atoms with Gasteiger partial charge in [0.2, 0.25) is 5.91 Å². The monoisotopic (exact) mass is 289 g/mol. The van der Waals surface area contributed by atoms with Crippen molar-refractivity contribution in [3.05, 3.63) is 41.5 Å². The van der Waals surface area contributed by atoms with Crippen LogP contribution >= 0.6 is 0 Å². The van der Waals surface area contributed by atoms with Gasteiger partial charge in [-0.3, -0.25) is 4.79 Å². The van der Waals surface area contributed by atoms with E-state index in [2.05, 4.69) is 26.0 Å². The zero-order chi connectivity index (χ0) is 15.2. The van der Waals surface area contributed by atoms with Gasteiger partial charge in [0.05, 0.1) is 19.3 Å². The van der Waals surface area contributed by atoms with E-state index in [1.807, 2.05) is 18.2 Å². The first-order valence-corrected chi connectivity index (χ1v) is 7.39. The molecule has 4 heteroatoms. The minimum absolute atomic E-state index is 0.0373. The number of rotatable bonds is 4. The van der Waals surface area contributed by atoms with Crippen molar-refractivity contribution in [2.75, 3.05) is 26.3 Å². The van der Waals surface area contributed by atoms with Crippen molar-refractivity contribution in [2.24, 2.45) is 0 Å². The average Bonchev–Trinajstić information content (AvgIpc) is 2.53. The summed E-state index contributed by atoms with van der Waals surface area (Å²) in [5.41, 5.74) is 2.30. The minimum Gasteiger partial charge on any atom is -0.394 e. The van der Waals surface area contributed by atoms with Gasteiger partial charge in [0.25, 0.3) is 0 Å². The van der Waals surface area contributed by atoms with Crippen molar-refractivity contribution in [2.45, 2.75) is 25.9 Å². The Morgan fingerprint density at radius 3 is 2.76 bits per heavy atom. The molecule has 1 saturated heterocycles. The molecule has 1 aromatic rings. The molecule has 1 atom stereocenters. The van der Waals surface area contributed by atoms with E-state index in [9.17, 15) is 4.79 Å². The fourth-order valence-corrected chi connectivity index (χ4v) is 2.29. The number of amides is 1. The van der Waals surface area contributed by atoms with E-state index < -0.39 is 0 Å². The number of nitrogens with zero attached hydrogens (tertiary/aromatic N) is 1. The van der Waals surface area contributed by atoms with Crippen molar-refractivity contribution >= 4 is 12.0 Å². The van der Waals surface area contributed by atoms with Crippen LogP contribution in [-0.4, -0.2) is 48.3 Å². The van der Waals surface area contributed by atoms with Crippen molar-refractivity contribution < 1.29 is 14.6 Å². The summed E-state index contributed by atoms with van der Waals surface area (Å²) in [5, 5.41) is 9.09. The van der Waals surface area contributed by atoms with Crippen LogP contribution in [0.15, 0.2) is 30.3 Å². The van der Waals surface area contributed by atoms with E-state index in [0.29, 0.717) is 25.6 Å². The number of aliphatic hydroxyl groups is 1. The van der Waals surface area contributed by atoms with Crippen LogP contribution in [0, 0.1) is 0 Å². The molecule has 1 amide bonds. The molecule has 1 unspecified atom stereocenters. The highest BCUT2D eigenvalue weighted by Crippen LogP contribution is 2.15. The molecule has 0 aromatic heterocycles.